The van der Waals surface area contributed by atoms with Crippen molar-refractivity contribution in [3.8, 4) is 6.07 Å². The monoisotopic (exact) mass is 193 g/mol. The Hall–Kier alpha value is -0.770. The lowest BCUT2D eigenvalue weighted by atomic mass is 10.0. The number of rotatable bonds is 7. The van der Waals surface area contributed by atoms with Gasteiger partial charge in [-0.15, -0.1) is 0 Å². The van der Waals surface area contributed by atoms with Crippen molar-refractivity contribution in [1.82, 2.24) is 0 Å². The molecule has 0 bridgehead atoms. The molecule has 0 saturated carbocycles. The van der Waals surface area contributed by atoms with Gasteiger partial charge in [0.15, 0.2) is 0 Å². The van der Waals surface area contributed by atoms with Crippen LogP contribution in [0.2, 0.25) is 0 Å². The molecule has 0 radical (unpaired) electrons. The topological polar surface area (TPSA) is 23.8 Å². The van der Waals surface area contributed by atoms with Crippen molar-refractivity contribution >= 4 is 0 Å². The van der Waals surface area contributed by atoms with Crippen molar-refractivity contribution in [3.63, 3.8) is 0 Å². The van der Waals surface area contributed by atoms with E-state index in [4.69, 9.17) is 5.26 Å². The maximum absolute atomic E-state index is 8.59. The van der Waals surface area contributed by atoms with Crippen molar-refractivity contribution in [2.75, 3.05) is 0 Å². The molecule has 0 aliphatic carbocycles. The van der Waals surface area contributed by atoms with Crippen LogP contribution in [0.3, 0.4) is 0 Å². The predicted octanol–water partition coefficient (Wildman–Crippen LogP) is 4.31. The second kappa shape index (κ2) is 8.81. The van der Waals surface area contributed by atoms with Crippen molar-refractivity contribution in [3.05, 3.63) is 12.2 Å². The number of unbranched alkanes of at least 4 members (excludes halogenated alkanes) is 3. The van der Waals surface area contributed by atoms with Crippen LogP contribution in [0, 0.1) is 23.2 Å². The van der Waals surface area contributed by atoms with Crippen molar-refractivity contribution in [2.24, 2.45) is 11.8 Å². The molecule has 0 N–H and O–H groups in total. The minimum absolute atomic E-state index is 0.0630. The maximum Gasteiger partial charge on any atom is 0.0694 e. The summed E-state index contributed by atoms with van der Waals surface area (Å²) in [4.78, 5) is 0. The number of nitrogens with zero attached hydrogens (tertiary/aromatic N) is 1. The first-order chi connectivity index (χ1) is 6.70. The highest BCUT2D eigenvalue weighted by molar-refractivity contribution is 4.98. The normalized spacial score (nSPS) is 15.3. The molecule has 1 heteroatoms. The molecule has 14 heavy (non-hydrogen) atoms. The van der Waals surface area contributed by atoms with E-state index in [1.165, 1.54) is 32.1 Å². The van der Waals surface area contributed by atoms with Crippen LogP contribution >= 0.6 is 0 Å². The van der Waals surface area contributed by atoms with Gasteiger partial charge in [-0.05, 0) is 19.3 Å². The van der Waals surface area contributed by atoms with E-state index in [-0.39, 0.29) is 5.92 Å². The molecular formula is C13H23N. The molecule has 0 saturated heterocycles. The highest BCUT2D eigenvalue weighted by Gasteiger charge is 1.98. The molecular weight excluding hydrogens is 170 g/mol. The van der Waals surface area contributed by atoms with E-state index in [1.54, 1.807) is 0 Å². The number of nitriles is 1. The Morgan fingerprint density at radius 2 is 1.86 bits per heavy atom. The minimum atomic E-state index is 0.0630. The van der Waals surface area contributed by atoms with Crippen LogP contribution in [-0.2, 0) is 0 Å². The number of hydrogen-bond acceptors (Lipinski definition) is 1. The fourth-order valence-corrected chi connectivity index (χ4v) is 1.39. The third kappa shape index (κ3) is 7.86. The van der Waals surface area contributed by atoms with Crippen LogP contribution in [0.25, 0.3) is 0 Å². The molecule has 2 unspecified atom stereocenters. The smallest absolute Gasteiger partial charge is 0.0694 e. The Bertz CT molecular complexity index is 188. The molecule has 0 aromatic carbocycles. The summed E-state index contributed by atoms with van der Waals surface area (Å²) >= 11 is 0. The summed E-state index contributed by atoms with van der Waals surface area (Å²) in [5.74, 6) is 0.691. The van der Waals surface area contributed by atoms with Gasteiger partial charge in [0.2, 0.25) is 0 Å². The summed E-state index contributed by atoms with van der Waals surface area (Å²) in [6.45, 7) is 6.39. The van der Waals surface area contributed by atoms with Crippen LogP contribution in [-0.4, -0.2) is 0 Å². The van der Waals surface area contributed by atoms with Crippen molar-refractivity contribution < 1.29 is 0 Å². The molecule has 0 rings (SSSR count). The Kier molecular flexibility index (Phi) is 8.33. The van der Waals surface area contributed by atoms with E-state index in [0.29, 0.717) is 5.92 Å². The van der Waals surface area contributed by atoms with Crippen LogP contribution in [0.4, 0.5) is 0 Å². The summed E-state index contributed by atoms with van der Waals surface area (Å²) in [6.07, 6.45) is 10.8. The maximum atomic E-state index is 8.59. The second-order valence-electron chi connectivity index (χ2n) is 4.13. The summed E-state index contributed by atoms with van der Waals surface area (Å²) < 4.78 is 0. The molecule has 80 valence electrons. The number of hydrogen-bond donors (Lipinski definition) is 0. The first-order valence-electron chi connectivity index (χ1n) is 5.78. The second-order valence-corrected chi connectivity index (χ2v) is 4.13. The van der Waals surface area contributed by atoms with Gasteiger partial charge in [-0.3, -0.25) is 0 Å². The fraction of sp³-hybridized carbons (Fsp3) is 0.769. The third-order valence-corrected chi connectivity index (χ3v) is 2.44. The van der Waals surface area contributed by atoms with Crippen molar-refractivity contribution in [1.29, 1.82) is 5.26 Å². The molecule has 0 heterocycles. The highest BCUT2D eigenvalue weighted by atomic mass is 14.2. The Morgan fingerprint density at radius 1 is 1.14 bits per heavy atom. The lowest BCUT2D eigenvalue weighted by molar-refractivity contribution is 0.559. The van der Waals surface area contributed by atoms with Crippen LogP contribution in [0.15, 0.2) is 12.2 Å². The molecule has 0 fully saturated rings. The molecule has 0 spiro atoms. The Labute approximate surface area is 88.8 Å². The summed E-state index contributed by atoms with van der Waals surface area (Å²) in [5, 5.41) is 8.59. The van der Waals surface area contributed by atoms with Crippen LogP contribution in [0.5, 0.6) is 0 Å². The molecule has 0 aromatic heterocycles. The van der Waals surface area contributed by atoms with E-state index >= 15 is 0 Å². The standard InChI is InChI=1S/C13H23N/c1-4-5-6-7-8-12(2)9-10-13(3)11-14/h9-10,12-13H,4-8H2,1-3H3/b10-9-. The SMILES string of the molecule is CCCCCCC(C)/C=C\C(C)C#N. The van der Waals surface area contributed by atoms with E-state index in [1.807, 2.05) is 13.0 Å². The zero-order chi connectivity index (χ0) is 10.8. The van der Waals surface area contributed by atoms with Crippen molar-refractivity contribution in [2.45, 2.75) is 52.9 Å². The largest absolute Gasteiger partial charge is 0.198 e. The lowest BCUT2D eigenvalue weighted by Gasteiger charge is -2.05. The quantitative estimate of drug-likeness (QED) is 0.436. The van der Waals surface area contributed by atoms with E-state index in [9.17, 15) is 0 Å². The summed E-state index contributed by atoms with van der Waals surface area (Å²) in [6, 6.07) is 2.21. The van der Waals surface area contributed by atoms with Gasteiger partial charge in [-0.2, -0.15) is 5.26 Å². The Balaban J connectivity index is 3.50. The van der Waals surface area contributed by atoms with E-state index in [2.05, 4.69) is 26.0 Å². The zero-order valence-corrected chi connectivity index (χ0v) is 9.79. The summed E-state index contributed by atoms with van der Waals surface area (Å²) in [7, 11) is 0. The predicted molar refractivity (Wildman–Crippen MR) is 61.8 cm³/mol. The molecule has 0 amide bonds. The van der Waals surface area contributed by atoms with Crippen LogP contribution < -0.4 is 0 Å². The fourth-order valence-electron chi connectivity index (χ4n) is 1.39. The zero-order valence-electron chi connectivity index (χ0n) is 9.79. The first kappa shape index (κ1) is 13.2. The molecule has 0 aliphatic heterocycles. The van der Waals surface area contributed by atoms with E-state index < -0.39 is 0 Å². The Morgan fingerprint density at radius 3 is 2.43 bits per heavy atom. The molecule has 0 aromatic rings. The van der Waals surface area contributed by atoms with Gasteiger partial charge < -0.3 is 0 Å². The van der Waals surface area contributed by atoms with Gasteiger partial charge in [0.05, 0.1) is 12.0 Å². The molecule has 2 atom stereocenters. The molecule has 0 aliphatic rings. The van der Waals surface area contributed by atoms with Gasteiger partial charge in [-0.1, -0.05) is 51.7 Å². The van der Waals surface area contributed by atoms with E-state index in [0.717, 1.165) is 0 Å². The van der Waals surface area contributed by atoms with Gasteiger partial charge in [-0.25, -0.2) is 0 Å². The minimum Gasteiger partial charge on any atom is -0.198 e. The number of allylic oxidation sites excluding steroid dienone is 2. The van der Waals surface area contributed by atoms with Gasteiger partial charge in [0.1, 0.15) is 0 Å². The lowest BCUT2D eigenvalue weighted by Crippen LogP contribution is -1.91. The van der Waals surface area contributed by atoms with Gasteiger partial charge >= 0.3 is 0 Å². The average molecular weight is 193 g/mol. The van der Waals surface area contributed by atoms with Gasteiger partial charge in [0.25, 0.3) is 0 Å². The highest BCUT2D eigenvalue weighted by Crippen LogP contribution is 2.12. The average Bonchev–Trinajstić information content (AvgIpc) is 2.21. The van der Waals surface area contributed by atoms with Crippen LogP contribution in [0.1, 0.15) is 52.9 Å². The first-order valence-corrected chi connectivity index (χ1v) is 5.78. The third-order valence-electron chi connectivity index (χ3n) is 2.44. The molecule has 1 nitrogen and oxygen atoms in total. The summed E-state index contributed by atoms with van der Waals surface area (Å²) in [5.41, 5.74) is 0. The van der Waals surface area contributed by atoms with Gasteiger partial charge in [0, 0.05) is 0 Å².